The number of rotatable bonds is 7. The van der Waals surface area contributed by atoms with E-state index in [1.807, 2.05) is 47.9 Å². The molecule has 1 aliphatic rings. The zero-order valence-electron chi connectivity index (χ0n) is 19.6. The molecule has 1 amide bonds. The van der Waals surface area contributed by atoms with Crippen molar-refractivity contribution >= 4 is 17.6 Å². The lowest BCUT2D eigenvalue weighted by molar-refractivity contribution is -0.120. The number of anilines is 1. The second-order valence-corrected chi connectivity index (χ2v) is 8.20. The smallest absolute Gasteiger partial charge is 0.246 e. The van der Waals surface area contributed by atoms with Crippen molar-refractivity contribution in [1.82, 2.24) is 29.8 Å². The molecule has 1 N–H and O–H groups in total. The van der Waals surface area contributed by atoms with Crippen LogP contribution in [-0.4, -0.2) is 69.1 Å². The van der Waals surface area contributed by atoms with E-state index in [0.717, 1.165) is 49.0 Å². The van der Waals surface area contributed by atoms with Crippen molar-refractivity contribution in [2.75, 3.05) is 37.6 Å². The van der Waals surface area contributed by atoms with E-state index in [0.29, 0.717) is 19.6 Å². The lowest BCUT2D eigenvalue weighted by Gasteiger charge is -2.35. The third-order valence-corrected chi connectivity index (χ3v) is 5.75. The second kappa shape index (κ2) is 10.3. The van der Waals surface area contributed by atoms with Gasteiger partial charge < -0.3 is 15.1 Å². The predicted molar refractivity (Wildman–Crippen MR) is 130 cm³/mol. The van der Waals surface area contributed by atoms with Crippen molar-refractivity contribution in [2.24, 2.45) is 12.0 Å². The number of aryl methyl sites for hydroxylation is 3. The Morgan fingerprint density at radius 1 is 1.15 bits per heavy atom. The number of carbonyl (C=O) groups is 1. The standard InChI is InChI=1S/C24H32N8O/c1-4-25-24(30-13-14-31(23(33)18-30)22-15-27-29(3)17-22)26-12-8-9-20-16-32(28-19(20)2)21-10-6-5-7-11-21/h5-7,10-11,15-17H,4,8-9,12-14,18H2,1-3H3,(H,25,26). The van der Waals surface area contributed by atoms with Gasteiger partial charge in [0.2, 0.25) is 5.91 Å². The largest absolute Gasteiger partial charge is 0.357 e. The molecule has 1 aromatic carbocycles. The maximum atomic E-state index is 12.8. The van der Waals surface area contributed by atoms with Crippen LogP contribution >= 0.6 is 0 Å². The van der Waals surface area contributed by atoms with Crippen molar-refractivity contribution in [3.05, 3.63) is 60.2 Å². The topological polar surface area (TPSA) is 83.6 Å². The van der Waals surface area contributed by atoms with E-state index in [9.17, 15) is 4.79 Å². The van der Waals surface area contributed by atoms with Crippen LogP contribution in [0.5, 0.6) is 0 Å². The SMILES string of the molecule is CCNC(=NCCCc1cn(-c2ccccc2)nc1C)N1CCN(c2cnn(C)c2)C(=O)C1. The van der Waals surface area contributed by atoms with Crippen molar-refractivity contribution < 1.29 is 4.79 Å². The molecule has 3 heterocycles. The van der Waals surface area contributed by atoms with Crippen LogP contribution in [0.4, 0.5) is 5.69 Å². The highest BCUT2D eigenvalue weighted by molar-refractivity contribution is 5.98. The van der Waals surface area contributed by atoms with Crippen LogP contribution in [-0.2, 0) is 18.3 Å². The number of piperazine rings is 1. The Balaban J connectivity index is 1.33. The molecule has 0 saturated carbocycles. The molecule has 0 aliphatic carbocycles. The van der Waals surface area contributed by atoms with E-state index >= 15 is 0 Å². The highest BCUT2D eigenvalue weighted by atomic mass is 16.2. The summed E-state index contributed by atoms with van der Waals surface area (Å²) in [5.74, 6) is 0.859. The monoisotopic (exact) mass is 448 g/mol. The van der Waals surface area contributed by atoms with Crippen molar-refractivity contribution in [3.8, 4) is 5.69 Å². The Labute approximate surface area is 194 Å². The lowest BCUT2D eigenvalue weighted by Crippen LogP contribution is -2.55. The molecule has 1 fully saturated rings. The zero-order chi connectivity index (χ0) is 23.2. The number of nitrogens with zero attached hydrogens (tertiary/aromatic N) is 7. The van der Waals surface area contributed by atoms with Crippen LogP contribution in [0.1, 0.15) is 24.6 Å². The summed E-state index contributed by atoms with van der Waals surface area (Å²) in [7, 11) is 1.86. The number of carbonyl (C=O) groups excluding carboxylic acids is 1. The molecule has 1 saturated heterocycles. The molecule has 4 rings (SSSR count). The van der Waals surface area contributed by atoms with Crippen molar-refractivity contribution in [1.29, 1.82) is 0 Å². The summed E-state index contributed by atoms with van der Waals surface area (Å²) in [4.78, 5) is 21.4. The third kappa shape index (κ3) is 5.42. The average Bonchev–Trinajstić information content (AvgIpc) is 3.42. The van der Waals surface area contributed by atoms with Gasteiger partial charge >= 0.3 is 0 Å². The number of guanidine groups is 1. The van der Waals surface area contributed by atoms with Crippen LogP contribution in [0.3, 0.4) is 0 Å². The quantitative estimate of drug-likeness (QED) is 0.340. The van der Waals surface area contributed by atoms with Gasteiger partial charge in [0.15, 0.2) is 5.96 Å². The van der Waals surface area contributed by atoms with E-state index in [4.69, 9.17) is 4.99 Å². The molecule has 0 atom stereocenters. The van der Waals surface area contributed by atoms with E-state index < -0.39 is 0 Å². The van der Waals surface area contributed by atoms with Crippen LogP contribution < -0.4 is 10.2 Å². The number of hydrogen-bond donors (Lipinski definition) is 1. The Morgan fingerprint density at radius 2 is 1.97 bits per heavy atom. The number of amides is 1. The molecule has 174 valence electrons. The molecule has 0 bridgehead atoms. The van der Waals surface area contributed by atoms with Gasteiger partial charge in [-0.1, -0.05) is 18.2 Å². The van der Waals surface area contributed by atoms with Gasteiger partial charge in [0, 0.05) is 45.6 Å². The molecule has 3 aromatic rings. The first-order valence-electron chi connectivity index (χ1n) is 11.5. The van der Waals surface area contributed by atoms with Crippen molar-refractivity contribution in [3.63, 3.8) is 0 Å². The van der Waals surface area contributed by atoms with Gasteiger partial charge in [0.25, 0.3) is 0 Å². The third-order valence-electron chi connectivity index (χ3n) is 5.75. The molecule has 33 heavy (non-hydrogen) atoms. The van der Waals surface area contributed by atoms with Gasteiger partial charge in [-0.05, 0) is 44.4 Å². The lowest BCUT2D eigenvalue weighted by atomic mass is 10.1. The normalized spacial score (nSPS) is 14.8. The number of benzene rings is 1. The first-order valence-corrected chi connectivity index (χ1v) is 11.5. The predicted octanol–water partition coefficient (Wildman–Crippen LogP) is 2.16. The summed E-state index contributed by atoms with van der Waals surface area (Å²) in [6.45, 7) is 7.21. The fourth-order valence-corrected chi connectivity index (χ4v) is 4.01. The van der Waals surface area contributed by atoms with Crippen molar-refractivity contribution in [2.45, 2.75) is 26.7 Å². The summed E-state index contributed by atoms with van der Waals surface area (Å²) in [5, 5.41) is 12.2. The van der Waals surface area contributed by atoms with Gasteiger partial charge in [-0.25, -0.2) is 4.68 Å². The number of aromatic nitrogens is 4. The van der Waals surface area contributed by atoms with E-state index in [-0.39, 0.29) is 5.91 Å². The molecule has 2 aromatic heterocycles. The molecule has 0 radical (unpaired) electrons. The molecule has 1 aliphatic heterocycles. The molecule has 0 unspecified atom stereocenters. The summed E-state index contributed by atoms with van der Waals surface area (Å²) in [6, 6.07) is 10.2. The van der Waals surface area contributed by atoms with Gasteiger partial charge in [-0.3, -0.25) is 14.5 Å². The minimum absolute atomic E-state index is 0.0591. The molecule has 9 heteroatoms. The Hall–Kier alpha value is -3.62. The fraction of sp³-hybridized carbons (Fsp3) is 0.417. The molecule has 0 spiro atoms. The van der Waals surface area contributed by atoms with E-state index in [1.165, 1.54) is 5.56 Å². The zero-order valence-corrected chi connectivity index (χ0v) is 19.6. The van der Waals surface area contributed by atoms with Crippen LogP contribution in [0.15, 0.2) is 53.9 Å². The highest BCUT2D eigenvalue weighted by Crippen LogP contribution is 2.16. The van der Waals surface area contributed by atoms with Crippen LogP contribution in [0.2, 0.25) is 0 Å². The summed E-state index contributed by atoms with van der Waals surface area (Å²) in [6.07, 6.45) is 7.54. The van der Waals surface area contributed by atoms with Gasteiger partial charge in [-0.15, -0.1) is 0 Å². The van der Waals surface area contributed by atoms with E-state index in [2.05, 4.69) is 40.8 Å². The average molecular weight is 449 g/mol. The minimum Gasteiger partial charge on any atom is -0.357 e. The van der Waals surface area contributed by atoms with Crippen LogP contribution in [0, 0.1) is 6.92 Å². The maximum absolute atomic E-state index is 12.8. The maximum Gasteiger partial charge on any atom is 0.246 e. The first kappa shape index (κ1) is 22.6. The van der Waals surface area contributed by atoms with Gasteiger partial charge in [-0.2, -0.15) is 10.2 Å². The number of nitrogens with one attached hydrogen (secondary N) is 1. The Morgan fingerprint density at radius 3 is 2.67 bits per heavy atom. The number of para-hydroxylation sites is 1. The van der Waals surface area contributed by atoms with Gasteiger partial charge in [0.05, 0.1) is 23.3 Å². The fourth-order valence-electron chi connectivity index (χ4n) is 4.01. The first-order chi connectivity index (χ1) is 16.0. The Bertz CT molecular complexity index is 1100. The minimum atomic E-state index is 0.0591. The summed E-state index contributed by atoms with van der Waals surface area (Å²) in [5.41, 5.74) is 4.19. The number of aliphatic imine (C=N–C) groups is 1. The summed E-state index contributed by atoms with van der Waals surface area (Å²) < 4.78 is 3.65. The molecular weight excluding hydrogens is 416 g/mol. The Kier molecular flexibility index (Phi) is 7.07. The highest BCUT2D eigenvalue weighted by Gasteiger charge is 2.27. The number of hydrogen-bond acceptors (Lipinski definition) is 4. The summed E-state index contributed by atoms with van der Waals surface area (Å²) >= 11 is 0. The van der Waals surface area contributed by atoms with Gasteiger partial charge in [0.1, 0.15) is 6.54 Å². The van der Waals surface area contributed by atoms with E-state index in [1.54, 1.807) is 15.8 Å². The van der Waals surface area contributed by atoms with Crippen LogP contribution in [0.25, 0.3) is 5.69 Å². The molecular formula is C24H32N8O. The molecule has 9 nitrogen and oxygen atoms in total. The second-order valence-electron chi connectivity index (χ2n) is 8.20.